The van der Waals surface area contributed by atoms with Crippen LogP contribution in [0.1, 0.15) is 81.1 Å². The highest BCUT2D eigenvalue weighted by molar-refractivity contribution is 6.05. The molecule has 0 unspecified atom stereocenters. The van der Waals surface area contributed by atoms with E-state index in [1.54, 1.807) is 33.9 Å². The van der Waals surface area contributed by atoms with Crippen molar-refractivity contribution in [3.05, 3.63) is 90.5 Å². The van der Waals surface area contributed by atoms with Gasteiger partial charge in [-0.1, -0.05) is 67.5 Å². The first kappa shape index (κ1) is 38.9. The van der Waals surface area contributed by atoms with Crippen molar-refractivity contribution in [1.82, 2.24) is 9.80 Å². The minimum Gasteiger partial charge on any atom is -0.455 e. The van der Waals surface area contributed by atoms with E-state index in [0.717, 1.165) is 35.2 Å². The number of ether oxygens (including phenoxy) is 2. The lowest BCUT2D eigenvalue weighted by molar-refractivity contribution is -0.164. The van der Waals surface area contributed by atoms with Crippen LogP contribution in [0.25, 0.3) is 0 Å². The molecular weight excluding hydrogens is 658 g/mol. The number of carbonyl (C=O) groups excluding carboxylic acids is 4. The molecule has 0 aliphatic carbocycles. The molecule has 3 heterocycles. The molecule has 10 nitrogen and oxygen atoms in total. The molecule has 52 heavy (non-hydrogen) atoms. The van der Waals surface area contributed by atoms with Crippen molar-refractivity contribution in [3.8, 4) is 0 Å². The maximum Gasteiger partial charge on any atom is 0.313 e. The van der Waals surface area contributed by atoms with E-state index in [-0.39, 0.29) is 37.3 Å². The number of hydrogen-bond acceptors (Lipinski definition) is 7. The number of amides is 3. The van der Waals surface area contributed by atoms with Crippen LogP contribution in [0.2, 0.25) is 0 Å². The zero-order chi connectivity index (χ0) is 37.6. The van der Waals surface area contributed by atoms with Crippen molar-refractivity contribution in [2.24, 2.45) is 11.8 Å². The molecular formula is C42H55N3O7. The van der Waals surface area contributed by atoms with Gasteiger partial charge in [-0.2, -0.15) is 0 Å². The summed E-state index contributed by atoms with van der Waals surface area (Å²) in [4.78, 5) is 62.2. The normalized spacial score (nSPS) is 24.2. The van der Waals surface area contributed by atoms with Crippen LogP contribution in [-0.4, -0.2) is 89.1 Å². The minimum atomic E-state index is -1.20. The highest BCUT2D eigenvalue weighted by atomic mass is 16.6. The number of aryl methyl sites for hydroxylation is 2. The van der Waals surface area contributed by atoms with E-state index in [9.17, 15) is 24.3 Å². The number of rotatable bonds is 18. The van der Waals surface area contributed by atoms with Gasteiger partial charge in [0.05, 0.1) is 24.0 Å². The molecule has 3 amide bonds. The molecule has 0 radical (unpaired) electrons. The molecule has 1 spiro atoms. The lowest BCUT2D eigenvalue weighted by atomic mass is 9.70. The molecule has 3 saturated heterocycles. The van der Waals surface area contributed by atoms with E-state index >= 15 is 0 Å². The van der Waals surface area contributed by atoms with Crippen LogP contribution in [0.15, 0.2) is 73.8 Å². The molecule has 0 aromatic heterocycles. The Morgan fingerprint density at radius 1 is 1.08 bits per heavy atom. The summed E-state index contributed by atoms with van der Waals surface area (Å²) in [6.07, 6.45) is 6.66. The summed E-state index contributed by atoms with van der Waals surface area (Å²) in [7, 11) is 1.70. The monoisotopic (exact) mass is 713 g/mol. The highest BCUT2D eigenvalue weighted by Crippen LogP contribution is 2.59. The number of fused-ring (bicyclic) bond motifs is 1. The largest absolute Gasteiger partial charge is 0.455 e. The lowest BCUT2D eigenvalue weighted by Crippen LogP contribution is -2.56. The molecule has 2 bridgehead atoms. The Labute approximate surface area is 308 Å². The predicted octanol–water partition coefficient (Wildman–Crippen LogP) is 5.85. The molecule has 1 N–H and O–H groups in total. The van der Waals surface area contributed by atoms with Crippen LogP contribution in [0.3, 0.4) is 0 Å². The zero-order valence-corrected chi connectivity index (χ0v) is 31.2. The summed E-state index contributed by atoms with van der Waals surface area (Å²) >= 11 is 0. The summed E-state index contributed by atoms with van der Waals surface area (Å²) in [6, 6.07) is 13.8. The van der Waals surface area contributed by atoms with E-state index in [2.05, 4.69) is 13.2 Å². The molecule has 280 valence electrons. The molecule has 5 rings (SSSR count). The van der Waals surface area contributed by atoms with Gasteiger partial charge in [0.15, 0.2) is 0 Å². The maximum absolute atomic E-state index is 15.0. The number of nitrogens with zero attached hydrogens (tertiary/aromatic N) is 3. The highest BCUT2D eigenvalue weighted by Gasteiger charge is 2.75. The summed E-state index contributed by atoms with van der Waals surface area (Å²) < 4.78 is 13.1. The molecule has 2 aromatic rings. The van der Waals surface area contributed by atoms with Gasteiger partial charge in [0, 0.05) is 38.9 Å². The van der Waals surface area contributed by atoms with Gasteiger partial charge in [-0.15, -0.1) is 13.2 Å². The van der Waals surface area contributed by atoms with Crippen LogP contribution in [0, 0.1) is 25.7 Å². The van der Waals surface area contributed by atoms with Gasteiger partial charge in [-0.05, 0) is 75.6 Å². The second-order valence-corrected chi connectivity index (χ2v) is 14.6. The van der Waals surface area contributed by atoms with Crippen LogP contribution < -0.4 is 4.90 Å². The van der Waals surface area contributed by atoms with Gasteiger partial charge in [0.1, 0.15) is 17.7 Å². The first-order valence-corrected chi connectivity index (χ1v) is 18.7. The van der Waals surface area contributed by atoms with Crippen molar-refractivity contribution >= 4 is 29.4 Å². The van der Waals surface area contributed by atoms with E-state index in [1.807, 2.05) is 69.3 Å². The van der Waals surface area contributed by atoms with Crippen molar-refractivity contribution in [2.45, 2.75) is 102 Å². The number of likely N-dealkylation sites (N-methyl/N-ethyl adjacent to an activating group) is 1. The van der Waals surface area contributed by atoms with Crippen LogP contribution in [-0.2, 0) is 28.7 Å². The molecule has 10 heteroatoms. The van der Waals surface area contributed by atoms with E-state index in [4.69, 9.17) is 9.47 Å². The first-order valence-electron chi connectivity index (χ1n) is 18.7. The Hall–Kier alpha value is -4.28. The minimum absolute atomic E-state index is 0.0959. The topological polar surface area (TPSA) is 117 Å². The van der Waals surface area contributed by atoms with Crippen molar-refractivity contribution in [1.29, 1.82) is 0 Å². The lowest BCUT2D eigenvalue weighted by Gasteiger charge is -2.37. The number of allylic oxidation sites excluding steroid dienone is 1. The van der Waals surface area contributed by atoms with Gasteiger partial charge < -0.3 is 29.3 Å². The molecule has 0 saturated carbocycles. The third-order valence-electron chi connectivity index (χ3n) is 11.2. The number of anilines is 1. The predicted molar refractivity (Wildman–Crippen MR) is 200 cm³/mol. The third-order valence-corrected chi connectivity index (χ3v) is 11.2. The van der Waals surface area contributed by atoms with E-state index < -0.39 is 47.7 Å². The number of aliphatic hydroxyl groups excluding tert-OH is 1. The number of likely N-dealkylation sites (tertiary alicyclic amines) is 1. The zero-order valence-electron chi connectivity index (χ0n) is 31.2. The average Bonchev–Trinajstić information content (AvgIpc) is 3.79. The van der Waals surface area contributed by atoms with Gasteiger partial charge in [-0.25, -0.2) is 0 Å². The van der Waals surface area contributed by atoms with Crippen LogP contribution >= 0.6 is 0 Å². The second-order valence-electron chi connectivity index (χ2n) is 14.6. The summed E-state index contributed by atoms with van der Waals surface area (Å²) in [5, 5.41) is 9.31. The van der Waals surface area contributed by atoms with Crippen LogP contribution in [0.4, 0.5) is 5.69 Å². The molecule has 3 aliphatic heterocycles. The number of esters is 1. The number of benzene rings is 2. The molecule has 3 aliphatic rings. The number of unbranched alkanes of at least 4 members (excludes halogenated alkanes) is 3. The van der Waals surface area contributed by atoms with E-state index in [0.29, 0.717) is 38.6 Å². The van der Waals surface area contributed by atoms with Gasteiger partial charge in [0.25, 0.3) is 5.91 Å². The van der Waals surface area contributed by atoms with Gasteiger partial charge in [-0.3, -0.25) is 19.2 Å². The summed E-state index contributed by atoms with van der Waals surface area (Å²) in [6.45, 7) is 14.1. The summed E-state index contributed by atoms with van der Waals surface area (Å²) in [5.41, 5.74) is 2.19. The smallest absolute Gasteiger partial charge is 0.313 e. The Morgan fingerprint density at radius 2 is 1.81 bits per heavy atom. The van der Waals surface area contributed by atoms with Crippen LogP contribution in [0.5, 0.6) is 0 Å². The van der Waals surface area contributed by atoms with Crippen molar-refractivity contribution in [2.75, 3.05) is 31.6 Å². The maximum atomic E-state index is 15.0. The van der Waals surface area contributed by atoms with Crippen molar-refractivity contribution in [3.63, 3.8) is 0 Å². The number of aliphatic hydroxyl groups is 1. The fourth-order valence-electron chi connectivity index (χ4n) is 8.41. The Kier molecular flexibility index (Phi) is 12.8. The average molecular weight is 714 g/mol. The fourth-order valence-corrected chi connectivity index (χ4v) is 8.41. The standard InChI is InChI=1S/C42H55N3O7/c1-7-9-19-34(47)43(6)30(5)37(31-17-13-12-14-18-31)51-41(50)35-33-22-23-42(52-33)36(35)39(48)45(25-15-10-11-16-26-46)38(42)40(49)44(24-8-2)32-27-28(3)20-21-29(32)4/h7-8,12-14,17-18,20-21,27,30,33,35-38,46H,1-2,9-11,15-16,19,22-26H2,3-6H3/t30-,33-,35+,36+,37+,38-,42+/m0/s1. The molecule has 7 atom stereocenters. The van der Waals surface area contributed by atoms with Crippen molar-refractivity contribution < 1.29 is 33.8 Å². The Bertz CT molecular complexity index is 1630. The third kappa shape index (κ3) is 7.60. The molecule has 2 aromatic carbocycles. The van der Waals surface area contributed by atoms with Gasteiger partial charge >= 0.3 is 5.97 Å². The fraction of sp³-hybridized carbons (Fsp3) is 0.524. The number of hydrogen-bond donors (Lipinski definition) is 1. The number of carbonyl (C=O) groups is 4. The van der Waals surface area contributed by atoms with E-state index in [1.165, 1.54) is 0 Å². The Morgan fingerprint density at radius 3 is 2.50 bits per heavy atom. The quantitative estimate of drug-likeness (QED) is 0.117. The summed E-state index contributed by atoms with van der Waals surface area (Å²) in [5.74, 6) is -3.00. The van der Waals surface area contributed by atoms with Gasteiger partial charge in [0.2, 0.25) is 11.8 Å². The molecule has 3 fully saturated rings. The first-order chi connectivity index (χ1) is 25.0. The Balaban J connectivity index is 1.49. The second kappa shape index (κ2) is 17.0. The SMILES string of the molecule is C=CCCC(=O)N(C)[C@@H](C)[C@@H](OC(=O)[C@@H]1[C@@H]2CC[C@]3(O2)[C@H](C(=O)N(CC=C)c2cc(C)ccc2C)N(CCCCCCO)C(=O)[C@@H]13)c1ccccc1.